The highest BCUT2D eigenvalue weighted by Gasteiger charge is 2.24. The molecule has 0 radical (unpaired) electrons. The maximum Gasteiger partial charge on any atom is 0.268 e. The van der Waals surface area contributed by atoms with Gasteiger partial charge in [-0.05, 0) is 49.4 Å². The summed E-state index contributed by atoms with van der Waals surface area (Å²) in [4.78, 5) is 4.29. The van der Waals surface area contributed by atoms with Crippen LogP contribution in [0.2, 0.25) is 0 Å². The van der Waals surface area contributed by atoms with Crippen LogP contribution in [0, 0.1) is 18.3 Å². The van der Waals surface area contributed by atoms with Crippen molar-refractivity contribution in [2.75, 3.05) is 7.05 Å². The van der Waals surface area contributed by atoms with Crippen molar-refractivity contribution in [3.63, 3.8) is 0 Å². The molecule has 140 valence electrons. The maximum atomic E-state index is 13.3. The van der Waals surface area contributed by atoms with Crippen LogP contribution in [0.1, 0.15) is 16.8 Å². The number of nitrogens with zero attached hydrogens (tertiary/aromatic N) is 3. The van der Waals surface area contributed by atoms with Crippen LogP contribution in [0.4, 0.5) is 0 Å². The number of aromatic nitrogens is 2. The van der Waals surface area contributed by atoms with Crippen LogP contribution in [-0.2, 0) is 16.6 Å². The largest absolute Gasteiger partial charge is 0.316 e. The number of benzene rings is 1. The van der Waals surface area contributed by atoms with Crippen molar-refractivity contribution in [2.24, 2.45) is 0 Å². The standard InChI is InChI=1S/C19H18N4O2S.ClH/c1-14-6-3-4-8-19(14)26(24,25)23-13-15(12-21-2)10-18(23)16-7-5-9-22-17(16)11-20;/h3-10,13,21H,12H2,1-2H3;1H. The van der Waals surface area contributed by atoms with Crippen LogP contribution in [-0.4, -0.2) is 24.4 Å². The lowest BCUT2D eigenvalue weighted by Gasteiger charge is -2.13. The van der Waals surface area contributed by atoms with Crippen molar-refractivity contribution in [1.82, 2.24) is 14.3 Å². The molecule has 0 fully saturated rings. The molecule has 0 unspecified atom stereocenters. The molecular weight excluding hydrogens is 384 g/mol. The second kappa shape index (κ2) is 8.35. The Kier molecular flexibility index (Phi) is 6.39. The Bertz CT molecular complexity index is 1100. The van der Waals surface area contributed by atoms with Gasteiger partial charge in [0.2, 0.25) is 0 Å². The maximum absolute atomic E-state index is 13.3. The fourth-order valence-electron chi connectivity index (χ4n) is 2.85. The Morgan fingerprint density at radius 2 is 1.96 bits per heavy atom. The average Bonchev–Trinajstić information content (AvgIpc) is 3.07. The molecule has 1 N–H and O–H groups in total. The van der Waals surface area contributed by atoms with Crippen molar-refractivity contribution in [3.8, 4) is 17.3 Å². The van der Waals surface area contributed by atoms with E-state index in [0.717, 1.165) is 5.56 Å². The van der Waals surface area contributed by atoms with Gasteiger partial charge in [-0.25, -0.2) is 17.4 Å². The Labute approximate surface area is 165 Å². The second-order valence-corrected chi connectivity index (χ2v) is 7.63. The van der Waals surface area contributed by atoms with Crippen molar-refractivity contribution in [2.45, 2.75) is 18.4 Å². The van der Waals surface area contributed by atoms with Crippen LogP contribution >= 0.6 is 12.4 Å². The third-order valence-corrected chi connectivity index (χ3v) is 5.88. The van der Waals surface area contributed by atoms with Gasteiger partial charge in [-0.3, -0.25) is 0 Å². The van der Waals surface area contributed by atoms with Gasteiger partial charge < -0.3 is 5.32 Å². The van der Waals surface area contributed by atoms with Crippen molar-refractivity contribution >= 4 is 22.4 Å². The zero-order valence-electron chi connectivity index (χ0n) is 14.9. The monoisotopic (exact) mass is 402 g/mol. The highest BCUT2D eigenvalue weighted by molar-refractivity contribution is 7.90. The summed E-state index contributed by atoms with van der Waals surface area (Å²) in [5.74, 6) is 0. The number of nitriles is 1. The molecule has 0 amide bonds. The molecule has 0 atom stereocenters. The highest BCUT2D eigenvalue weighted by atomic mass is 35.5. The lowest BCUT2D eigenvalue weighted by atomic mass is 10.1. The minimum absolute atomic E-state index is 0. The van der Waals surface area contributed by atoms with Crippen LogP contribution in [0.3, 0.4) is 0 Å². The van der Waals surface area contributed by atoms with Gasteiger partial charge in [0.25, 0.3) is 10.0 Å². The Balaban J connectivity index is 0.00000261. The van der Waals surface area contributed by atoms with Crippen LogP contribution < -0.4 is 5.32 Å². The smallest absolute Gasteiger partial charge is 0.268 e. The molecule has 0 aliphatic heterocycles. The quantitative estimate of drug-likeness (QED) is 0.708. The zero-order chi connectivity index (χ0) is 18.7. The molecule has 3 rings (SSSR count). The second-order valence-electron chi connectivity index (χ2n) is 5.84. The summed E-state index contributed by atoms with van der Waals surface area (Å²) in [6.45, 7) is 2.26. The van der Waals surface area contributed by atoms with Gasteiger partial charge in [0, 0.05) is 24.5 Å². The number of hydrogen-bond donors (Lipinski definition) is 1. The highest BCUT2D eigenvalue weighted by Crippen LogP contribution is 2.29. The van der Waals surface area contributed by atoms with E-state index in [2.05, 4.69) is 10.3 Å². The molecule has 0 bridgehead atoms. The molecule has 0 aliphatic carbocycles. The van der Waals surface area contributed by atoms with E-state index in [4.69, 9.17) is 0 Å². The van der Waals surface area contributed by atoms with Crippen LogP contribution in [0.25, 0.3) is 11.3 Å². The molecule has 2 heterocycles. The van der Waals surface area contributed by atoms with Gasteiger partial charge >= 0.3 is 0 Å². The van der Waals surface area contributed by atoms with E-state index in [1.807, 2.05) is 6.07 Å². The van der Waals surface area contributed by atoms with Gasteiger partial charge in [-0.1, -0.05) is 18.2 Å². The molecule has 0 aliphatic rings. The molecule has 3 aromatic rings. The van der Waals surface area contributed by atoms with Gasteiger partial charge in [0.1, 0.15) is 11.8 Å². The van der Waals surface area contributed by atoms with E-state index < -0.39 is 10.0 Å². The molecular formula is C19H19ClN4O2S. The summed E-state index contributed by atoms with van der Waals surface area (Å²) in [7, 11) is -2.03. The van der Waals surface area contributed by atoms with E-state index in [9.17, 15) is 13.7 Å². The molecule has 0 saturated heterocycles. The minimum atomic E-state index is -3.82. The average molecular weight is 403 g/mol. The fourth-order valence-corrected chi connectivity index (χ4v) is 4.47. The lowest BCUT2D eigenvalue weighted by Crippen LogP contribution is -2.15. The summed E-state index contributed by atoms with van der Waals surface area (Å²) in [5, 5.41) is 12.4. The van der Waals surface area contributed by atoms with Crippen molar-refractivity contribution < 1.29 is 8.42 Å². The SMILES string of the molecule is CNCc1cc(-c2cccnc2C#N)n(S(=O)(=O)c2ccccc2C)c1.Cl. The van der Waals surface area contributed by atoms with Gasteiger partial charge in [0.05, 0.1) is 10.6 Å². The molecule has 27 heavy (non-hydrogen) atoms. The number of pyridine rings is 1. The number of aryl methyl sites for hydroxylation is 1. The van der Waals surface area contributed by atoms with Crippen molar-refractivity contribution in [1.29, 1.82) is 5.26 Å². The normalized spacial score (nSPS) is 10.9. The molecule has 0 spiro atoms. The number of hydrogen-bond acceptors (Lipinski definition) is 5. The third-order valence-electron chi connectivity index (χ3n) is 4.04. The molecule has 6 nitrogen and oxygen atoms in total. The summed E-state index contributed by atoms with van der Waals surface area (Å²) in [6, 6.07) is 14.0. The summed E-state index contributed by atoms with van der Waals surface area (Å²) < 4.78 is 27.8. The lowest BCUT2D eigenvalue weighted by molar-refractivity contribution is 0.587. The molecule has 0 saturated carbocycles. The van der Waals surface area contributed by atoms with Gasteiger partial charge in [-0.2, -0.15) is 5.26 Å². The van der Waals surface area contributed by atoms with Crippen molar-refractivity contribution in [3.05, 3.63) is 71.7 Å². The summed E-state index contributed by atoms with van der Waals surface area (Å²) in [6.07, 6.45) is 3.10. The van der Waals surface area contributed by atoms with Crippen LogP contribution in [0.15, 0.2) is 59.8 Å². The topological polar surface area (TPSA) is 87.8 Å². The Hall–Kier alpha value is -2.66. The van der Waals surface area contributed by atoms with E-state index in [0.29, 0.717) is 23.4 Å². The summed E-state index contributed by atoms with van der Waals surface area (Å²) >= 11 is 0. The molecule has 2 aromatic heterocycles. The fraction of sp³-hybridized carbons (Fsp3) is 0.158. The molecule has 1 aromatic carbocycles. The predicted molar refractivity (Wildman–Crippen MR) is 106 cm³/mol. The van der Waals surface area contributed by atoms with E-state index in [-0.39, 0.29) is 23.0 Å². The predicted octanol–water partition coefficient (Wildman–Crippen LogP) is 3.11. The first-order chi connectivity index (χ1) is 12.5. The zero-order valence-corrected chi connectivity index (χ0v) is 16.5. The number of nitrogens with one attached hydrogen (secondary N) is 1. The first-order valence-electron chi connectivity index (χ1n) is 8.01. The minimum Gasteiger partial charge on any atom is -0.316 e. The van der Waals surface area contributed by atoms with E-state index in [1.54, 1.807) is 62.6 Å². The Morgan fingerprint density at radius 1 is 1.22 bits per heavy atom. The number of halogens is 1. The first kappa shape index (κ1) is 20.6. The van der Waals surface area contributed by atoms with E-state index >= 15 is 0 Å². The van der Waals surface area contributed by atoms with Crippen LogP contribution in [0.5, 0.6) is 0 Å². The summed E-state index contributed by atoms with van der Waals surface area (Å²) in [5.41, 5.74) is 2.54. The molecule has 8 heteroatoms. The first-order valence-corrected chi connectivity index (χ1v) is 9.45. The van der Waals surface area contributed by atoms with E-state index in [1.165, 1.54) is 10.2 Å². The van der Waals surface area contributed by atoms with Gasteiger partial charge in [0.15, 0.2) is 0 Å². The number of rotatable bonds is 5. The third kappa shape index (κ3) is 3.88. The van der Waals surface area contributed by atoms with Gasteiger partial charge in [-0.15, -0.1) is 12.4 Å². The Morgan fingerprint density at radius 3 is 2.63 bits per heavy atom.